The average molecular weight is 442 g/mol. The second kappa shape index (κ2) is 7.93. The number of pyridine rings is 1. The van der Waals surface area contributed by atoms with Gasteiger partial charge in [0.15, 0.2) is 0 Å². The van der Waals surface area contributed by atoms with Crippen molar-refractivity contribution in [2.75, 3.05) is 18.0 Å². The van der Waals surface area contributed by atoms with E-state index in [0.717, 1.165) is 36.6 Å². The summed E-state index contributed by atoms with van der Waals surface area (Å²) in [6, 6.07) is 1.40. The first-order valence-corrected chi connectivity index (χ1v) is 10.6. The molecule has 1 aliphatic carbocycles. The summed E-state index contributed by atoms with van der Waals surface area (Å²) in [5.74, 6) is 0.797. The number of hydrogen-bond donors (Lipinski definition) is 3. The third-order valence-electron chi connectivity index (χ3n) is 5.81. The second-order valence-electron chi connectivity index (χ2n) is 7.37. The summed E-state index contributed by atoms with van der Waals surface area (Å²) in [5.41, 5.74) is 6.00. The monoisotopic (exact) mass is 441 g/mol. The molecule has 2 aromatic rings. The number of aromatic nitrogens is 3. The van der Waals surface area contributed by atoms with Gasteiger partial charge in [-0.1, -0.05) is 35.0 Å². The van der Waals surface area contributed by atoms with Crippen molar-refractivity contribution in [1.82, 2.24) is 15.0 Å². The first-order chi connectivity index (χ1) is 13.4. The Labute approximate surface area is 177 Å². The van der Waals surface area contributed by atoms with Gasteiger partial charge in [-0.2, -0.15) is 0 Å². The Morgan fingerprint density at radius 2 is 1.89 bits per heavy atom. The lowest BCUT2D eigenvalue weighted by atomic mass is 9.74. The van der Waals surface area contributed by atoms with Crippen LogP contribution in [0.15, 0.2) is 34.6 Å². The number of aliphatic hydroxyl groups is 2. The normalized spacial score (nSPS) is 26.8. The third-order valence-corrected chi connectivity index (χ3v) is 7.67. The highest BCUT2D eigenvalue weighted by molar-refractivity contribution is 7.99. The van der Waals surface area contributed by atoms with Crippen molar-refractivity contribution >= 4 is 40.8 Å². The number of hydrogen-bond acceptors (Lipinski definition) is 8. The Morgan fingerprint density at radius 1 is 1.14 bits per heavy atom. The molecule has 1 saturated carbocycles. The Balaban J connectivity index is 1.41. The second-order valence-corrected chi connectivity index (χ2v) is 9.16. The van der Waals surface area contributed by atoms with Crippen LogP contribution in [0.4, 0.5) is 5.82 Å². The lowest BCUT2D eigenvalue weighted by molar-refractivity contribution is 0.0354. The van der Waals surface area contributed by atoms with Crippen molar-refractivity contribution in [2.24, 2.45) is 11.1 Å². The number of nitrogens with two attached hydrogens (primary N) is 1. The Bertz CT molecular complexity index is 848. The fourth-order valence-electron chi connectivity index (χ4n) is 4.11. The molecular formula is C18H21Cl2N5O2S. The van der Waals surface area contributed by atoms with Gasteiger partial charge in [0.05, 0.1) is 29.6 Å². The summed E-state index contributed by atoms with van der Waals surface area (Å²) < 4.78 is 0. The van der Waals surface area contributed by atoms with Gasteiger partial charge < -0.3 is 20.8 Å². The van der Waals surface area contributed by atoms with E-state index in [9.17, 15) is 10.2 Å². The molecule has 0 amide bonds. The highest BCUT2D eigenvalue weighted by atomic mass is 35.5. The number of nitrogens with zero attached hydrogens (tertiary/aromatic N) is 4. The minimum Gasteiger partial charge on any atom is -0.390 e. The zero-order valence-electron chi connectivity index (χ0n) is 15.0. The topological polar surface area (TPSA) is 108 Å². The van der Waals surface area contributed by atoms with Gasteiger partial charge in [0.25, 0.3) is 0 Å². The summed E-state index contributed by atoms with van der Waals surface area (Å²) in [6.07, 6.45) is 5.67. The van der Waals surface area contributed by atoms with Crippen molar-refractivity contribution < 1.29 is 10.2 Å². The summed E-state index contributed by atoms with van der Waals surface area (Å²) in [4.78, 5) is 15.9. The van der Waals surface area contributed by atoms with Gasteiger partial charge in [-0.05, 0) is 30.7 Å². The molecule has 0 radical (unpaired) electrons. The largest absolute Gasteiger partial charge is 0.390 e. The van der Waals surface area contributed by atoms with E-state index in [4.69, 9.17) is 28.9 Å². The van der Waals surface area contributed by atoms with E-state index >= 15 is 0 Å². The lowest BCUT2D eigenvalue weighted by Crippen LogP contribution is -2.50. The highest BCUT2D eigenvalue weighted by Gasteiger charge is 2.51. The van der Waals surface area contributed by atoms with Crippen molar-refractivity contribution in [3.63, 3.8) is 0 Å². The zero-order chi connectivity index (χ0) is 19.9. The van der Waals surface area contributed by atoms with Crippen molar-refractivity contribution in [3.05, 3.63) is 34.8 Å². The molecule has 1 saturated heterocycles. The van der Waals surface area contributed by atoms with Gasteiger partial charge in [0.1, 0.15) is 16.0 Å². The summed E-state index contributed by atoms with van der Waals surface area (Å²) >= 11 is 13.5. The molecule has 1 unspecified atom stereocenters. The molecule has 1 spiro atoms. The van der Waals surface area contributed by atoms with Gasteiger partial charge in [-0.15, -0.1) is 0 Å². The van der Waals surface area contributed by atoms with Crippen molar-refractivity contribution in [1.29, 1.82) is 0 Å². The number of halogens is 2. The van der Waals surface area contributed by atoms with Crippen LogP contribution >= 0.6 is 35.0 Å². The molecule has 3 atom stereocenters. The predicted molar refractivity (Wildman–Crippen MR) is 109 cm³/mol. The van der Waals surface area contributed by atoms with Crippen LogP contribution < -0.4 is 10.6 Å². The molecule has 150 valence electrons. The molecule has 10 heteroatoms. The smallest absolute Gasteiger partial charge is 0.148 e. The first kappa shape index (κ1) is 20.1. The minimum atomic E-state index is -0.837. The molecule has 1 aliphatic heterocycles. The van der Waals surface area contributed by atoms with Gasteiger partial charge >= 0.3 is 0 Å². The van der Waals surface area contributed by atoms with E-state index in [-0.39, 0.29) is 16.6 Å². The summed E-state index contributed by atoms with van der Waals surface area (Å²) in [7, 11) is 0. The number of aliphatic hydroxyl groups excluding tert-OH is 2. The zero-order valence-corrected chi connectivity index (χ0v) is 17.3. The highest BCUT2D eigenvalue weighted by Crippen LogP contribution is 2.46. The number of rotatable bonds is 3. The Kier molecular flexibility index (Phi) is 5.70. The maximum absolute atomic E-state index is 10.0. The van der Waals surface area contributed by atoms with E-state index in [1.54, 1.807) is 24.7 Å². The van der Waals surface area contributed by atoms with Crippen LogP contribution in [-0.2, 0) is 0 Å². The van der Waals surface area contributed by atoms with Crippen LogP contribution in [-0.4, -0.2) is 56.5 Å². The fourth-order valence-corrected chi connectivity index (χ4v) is 5.31. The fraction of sp³-hybridized carbons (Fsp3) is 0.500. The standard InChI is InChI=1S/C18H21Cl2N5O2S/c19-14-11(1-4-22-17(14)20)28-13-9-23-12(8-24-13)25-5-2-18(3-6-25)7-10(26)15(27)16(18)21/h1,4,8-10,15-16,26-27H,2-3,5-7,21H2/t10?,15-,16-/m1/s1. The van der Waals surface area contributed by atoms with E-state index in [1.807, 2.05) is 0 Å². The maximum atomic E-state index is 10.0. The Hall–Kier alpha value is -1.16. The van der Waals surface area contributed by atoms with Gasteiger partial charge in [0.2, 0.25) is 0 Å². The molecule has 0 bridgehead atoms. The number of piperidine rings is 1. The third kappa shape index (κ3) is 3.69. The van der Waals surface area contributed by atoms with Crippen LogP contribution in [0.3, 0.4) is 0 Å². The predicted octanol–water partition coefficient (Wildman–Crippen LogP) is 2.37. The van der Waals surface area contributed by atoms with Crippen molar-refractivity contribution in [3.8, 4) is 0 Å². The Morgan fingerprint density at radius 3 is 2.50 bits per heavy atom. The average Bonchev–Trinajstić information content (AvgIpc) is 2.90. The van der Waals surface area contributed by atoms with Gasteiger partial charge in [-0.25, -0.2) is 15.0 Å². The SMILES string of the molecule is N[C@@H]1[C@H](O)C(O)CC12CCN(c1cnc(Sc3ccnc(Cl)c3Cl)cn1)CC2. The van der Waals surface area contributed by atoms with E-state index in [0.29, 0.717) is 16.5 Å². The molecule has 28 heavy (non-hydrogen) atoms. The minimum absolute atomic E-state index is 0.198. The van der Waals surface area contributed by atoms with Crippen molar-refractivity contribution in [2.45, 2.75) is 47.4 Å². The molecule has 2 aliphatic rings. The molecule has 0 aromatic carbocycles. The van der Waals surface area contributed by atoms with Crippen LogP contribution in [0.5, 0.6) is 0 Å². The van der Waals surface area contributed by atoms with Crippen LogP contribution in [0.25, 0.3) is 0 Å². The summed E-state index contributed by atoms with van der Waals surface area (Å²) in [6.45, 7) is 1.53. The maximum Gasteiger partial charge on any atom is 0.148 e. The van der Waals surface area contributed by atoms with Crippen LogP contribution in [0.1, 0.15) is 19.3 Å². The molecule has 2 aromatic heterocycles. The number of anilines is 1. The quantitative estimate of drug-likeness (QED) is 0.622. The van der Waals surface area contributed by atoms with Crippen LogP contribution in [0, 0.1) is 5.41 Å². The van der Waals surface area contributed by atoms with E-state index in [1.165, 1.54) is 11.8 Å². The molecular weight excluding hydrogens is 421 g/mol. The van der Waals surface area contributed by atoms with E-state index < -0.39 is 12.2 Å². The summed E-state index contributed by atoms with van der Waals surface area (Å²) in [5, 5.41) is 21.4. The van der Waals surface area contributed by atoms with E-state index in [2.05, 4.69) is 19.9 Å². The van der Waals surface area contributed by atoms with Crippen LogP contribution in [0.2, 0.25) is 10.2 Å². The van der Waals surface area contributed by atoms with Gasteiger partial charge in [-0.3, -0.25) is 0 Å². The molecule has 4 rings (SSSR count). The first-order valence-electron chi connectivity index (χ1n) is 9.06. The molecule has 7 nitrogen and oxygen atoms in total. The molecule has 2 fully saturated rings. The molecule has 3 heterocycles. The lowest BCUT2D eigenvalue weighted by Gasteiger charge is -2.42. The molecule has 4 N–H and O–H groups in total. The van der Waals surface area contributed by atoms with Gasteiger partial charge in [0, 0.05) is 30.2 Å².